The Bertz CT molecular complexity index is 605. The van der Waals surface area contributed by atoms with Gasteiger partial charge in [0.2, 0.25) is 0 Å². The van der Waals surface area contributed by atoms with E-state index in [0.29, 0.717) is 6.42 Å². The summed E-state index contributed by atoms with van der Waals surface area (Å²) in [6.45, 7) is 3.67. The second-order valence-corrected chi connectivity index (χ2v) is 8.85. The van der Waals surface area contributed by atoms with Gasteiger partial charge in [-0.05, 0) is 38.7 Å². The van der Waals surface area contributed by atoms with Crippen molar-refractivity contribution in [3.05, 3.63) is 35.9 Å². The van der Waals surface area contributed by atoms with Crippen LogP contribution in [0.1, 0.15) is 83.6 Å². The van der Waals surface area contributed by atoms with Gasteiger partial charge in [-0.1, -0.05) is 75.3 Å². The van der Waals surface area contributed by atoms with Gasteiger partial charge in [0, 0.05) is 6.42 Å². The van der Waals surface area contributed by atoms with Gasteiger partial charge >= 0.3 is 5.97 Å². The third-order valence-electron chi connectivity index (χ3n) is 5.92. The van der Waals surface area contributed by atoms with E-state index in [0.717, 1.165) is 12.8 Å². The molecule has 1 aromatic carbocycles. The molecule has 5 heteroatoms. The molecular formula is C24H38O5. The molecule has 0 bridgehead atoms. The zero-order chi connectivity index (χ0) is 21.2. The van der Waals surface area contributed by atoms with Crippen molar-refractivity contribution in [3.8, 4) is 0 Å². The largest absolute Gasteiger partial charge is 0.467 e. The molecule has 1 saturated heterocycles. The number of aliphatic hydroxyl groups excluding tert-OH is 1. The molecule has 5 nitrogen and oxygen atoms in total. The summed E-state index contributed by atoms with van der Waals surface area (Å²) in [6, 6.07) is 10.7. The van der Waals surface area contributed by atoms with Crippen LogP contribution in [0.4, 0.5) is 0 Å². The summed E-state index contributed by atoms with van der Waals surface area (Å²) in [5.41, 5.74) is -0.0858. The van der Waals surface area contributed by atoms with Crippen LogP contribution >= 0.6 is 0 Å². The number of benzene rings is 1. The first-order valence-electron chi connectivity index (χ1n) is 11.1. The summed E-state index contributed by atoms with van der Waals surface area (Å²) >= 11 is 0. The van der Waals surface area contributed by atoms with E-state index in [2.05, 4.69) is 35.1 Å². The second-order valence-electron chi connectivity index (χ2n) is 8.85. The van der Waals surface area contributed by atoms with Crippen molar-refractivity contribution in [1.29, 1.82) is 0 Å². The number of carbonyl (C=O) groups is 1. The summed E-state index contributed by atoms with van der Waals surface area (Å²) in [6.07, 6.45) is 11.1. The number of aryl methyl sites for hydroxylation is 1. The van der Waals surface area contributed by atoms with Gasteiger partial charge in [0.1, 0.15) is 11.2 Å². The van der Waals surface area contributed by atoms with Crippen molar-refractivity contribution >= 4 is 5.97 Å². The molecule has 1 fully saturated rings. The number of hydrogen-bond acceptors (Lipinski definition) is 5. The average Bonchev–Trinajstić information content (AvgIpc) is 3.05. The maximum atomic E-state index is 11.6. The number of unbranched alkanes of at least 4 members (excludes halogenated alkanes) is 7. The standard InChI is InChI=1S/C24H38O5/c1-23(19-24(2,29-28-23)21(25)22(26)27-3)18-14-9-7-5-4-6-8-11-15-20-16-12-10-13-17-20/h10,12-13,16-17,21,25H,4-9,11,14-15,18-19H2,1-3H3/t21-,23-,24+/m0/s1. The Morgan fingerprint density at radius 1 is 1.00 bits per heavy atom. The molecule has 1 heterocycles. The zero-order valence-corrected chi connectivity index (χ0v) is 18.3. The first kappa shape index (κ1) is 23.8. The van der Waals surface area contributed by atoms with Crippen LogP contribution < -0.4 is 0 Å². The first-order valence-corrected chi connectivity index (χ1v) is 11.1. The fraction of sp³-hybridized carbons (Fsp3) is 0.708. The Balaban J connectivity index is 1.50. The summed E-state index contributed by atoms with van der Waals surface area (Å²) in [7, 11) is 1.26. The Morgan fingerprint density at radius 2 is 1.59 bits per heavy atom. The Morgan fingerprint density at radius 3 is 2.21 bits per heavy atom. The molecule has 164 valence electrons. The van der Waals surface area contributed by atoms with Crippen LogP contribution in [-0.2, 0) is 25.7 Å². The third kappa shape index (κ3) is 7.72. The SMILES string of the molecule is COC(=O)[C@H](O)[C@@]1(C)C[C@](C)(CCCCCCCCCCc2ccccc2)OO1. The Labute approximate surface area is 175 Å². The number of carbonyl (C=O) groups excluding carboxylic acids is 1. The Kier molecular flexibility index (Phi) is 9.60. The molecule has 0 unspecified atom stereocenters. The van der Waals surface area contributed by atoms with E-state index in [4.69, 9.17) is 9.78 Å². The van der Waals surface area contributed by atoms with Gasteiger partial charge in [0.15, 0.2) is 6.10 Å². The number of ether oxygens (including phenoxy) is 1. The van der Waals surface area contributed by atoms with Crippen LogP contribution in [0, 0.1) is 0 Å². The van der Waals surface area contributed by atoms with Gasteiger partial charge in [-0.15, -0.1) is 0 Å². The fourth-order valence-corrected chi connectivity index (χ4v) is 4.16. The smallest absolute Gasteiger partial charge is 0.337 e. The lowest BCUT2D eigenvalue weighted by atomic mass is 9.83. The third-order valence-corrected chi connectivity index (χ3v) is 5.92. The van der Waals surface area contributed by atoms with E-state index < -0.39 is 23.3 Å². The van der Waals surface area contributed by atoms with Crippen molar-refractivity contribution in [3.63, 3.8) is 0 Å². The molecule has 1 aromatic rings. The molecule has 1 N–H and O–H groups in total. The van der Waals surface area contributed by atoms with Crippen LogP contribution in [0.5, 0.6) is 0 Å². The highest BCUT2D eigenvalue weighted by Gasteiger charge is 2.52. The maximum absolute atomic E-state index is 11.6. The van der Waals surface area contributed by atoms with Crippen LogP contribution in [-0.4, -0.2) is 35.5 Å². The van der Waals surface area contributed by atoms with E-state index in [1.54, 1.807) is 6.92 Å². The highest BCUT2D eigenvalue weighted by Crippen LogP contribution is 2.41. The molecule has 0 amide bonds. The molecule has 0 radical (unpaired) electrons. The van der Waals surface area contributed by atoms with Gasteiger partial charge in [-0.3, -0.25) is 0 Å². The topological polar surface area (TPSA) is 65.0 Å². The Hall–Kier alpha value is -1.43. The molecular weight excluding hydrogens is 368 g/mol. The fourth-order valence-electron chi connectivity index (χ4n) is 4.16. The van der Waals surface area contributed by atoms with Gasteiger partial charge in [-0.25, -0.2) is 14.6 Å². The molecule has 1 aliphatic rings. The van der Waals surface area contributed by atoms with Crippen molar-refractivity contribution in [2.45, 2.75) is 102 Å². The van der Waals surface area contributed by atoms with E-state index in [9.17, 15) is 9.90 Å². The van der Waals surface area contributed by atoms with Crippen LogP contribution in [0.2, 0.25) is 0 Å². The van der Waals surface area contributed by atoms with Crippen molar-refractivity contribution in [2.75, 3.05) is 7.11 Å². The van der Waals surface area contributed by atoms with Crippen LogP contribution in [0.3, 0.4) is 0 Å². The van der Waals surface area contributed by atoms with Crippen LogP contribution in [0.25, 0.3) is 0 Å². The van der Waals surface area contributed by atoms with E-state index in [1.165, 1.54) is 64.0 Å². The van der Waals surface area contributed by atoms with Gasteiger partial charge < -0.3 is 9.84 Å². The lowest BCUT2D eigenvalue weighted by Gasteiger charge is -2.25. The number of methoxy groups -OCH3 is 1. The highest BCUT2D eigenvalue weighted by molar-refractivity contribution is 5.75. The first-order chi connectivity index (χ1) is 13.9. The summed E-state index contributed by atoms with van der Waals surface area (Å²) in [5.74, 6) is -0.691. The average molecular weight is 407 g/mol. The van der Waals surface area contributed by atoms with Crippen molar-refractivity contribution < 1.29 is 24.4 Å². The minimum absolute atomic E-state index is 0.470. The number of aliphatic hydroxyl groups is 1. The van der Waals surface area contributed by atoms with Crippen LogP contribution in [0.15, 0.2) is 30.3 Å². The van der Waals surface area contributed by atoms with E-state index >= 15 is 0 Å². The molecule has 3 atom stereocenters. The van der Waals surface area contributed by atoms with Gasteiger partial charge in [0.25, 0.3) is 0 Å². The predicted molar refractivity (Wildman–Crippen MR) is 113 cm³/mol. The summed E-state index contributed by atoms with van der Waals surface area (Å²) < 4.78 is 4.62. The molecule has 1 aliphatic heterocycles. The second kappa shape index (κ2) is 11.7. The van der Waals surface area contributed by atoms with Gasteiger partial charge in [-0.2, -0.15) is 0 Å². The molecule has 0 aromatic heterocycles. The highest BCUT2D eigenvalue weighted by atomic mass is 17.2. The minimum atomic E-state index is -1.34. The lowest BCUT2D eigenvalue weighted by Crippen LogP contribution is -2.45. The van der Waals surface area contributed by atoms with E-state index in [1.807, 2.05) is 6.92 Å². The monoisotopic (exact) mass is 406 g/mol. The molecule has 2 rings (SSSR count). The number of rotatable bonds is 13. The lowest BCUT2D eigenvalue weighted by molar-refractivity contribution is -0.355. The maximum Gasteiger partial charge on any atom is 0.337 e. The zero-order valence-electron chi connectivity index (χ0n) is 18.3. The van der Waals surface area contributed by atoms with E-state index in [-0.39, 0.29) is 0 Å². The van der Waals surface area contributed by atoms with Crippen molar-refractivity contribution in [2.24, 2.45) is 0 Å². The number of esters is 1. The molecule has 0 spiro atoms. The minimum Gasteiger partial charge on any atom is -0.467 e. The molecule has 0 saturated carbocycles. The summed E-state index contributed by atoms with van der Waals surface area (Å²) in [4.78, 5) is 22.5. The molecule has 0 aliphatic carbocycles. The quantitative estimate of drug-likeness (QED) is 0.279. The normalized spacial score (nSPS) is 25.1. The predicted octanol–water partition coefficient (Wildman–Crippen LogP) is 5.14. The van der Waals surface area contributed by atoms with Gasteiger partial charge in [0.05, 0.1) is 7.11 Å². The number of hydrogen-bond donors (Lipinski definition) is 1. The summed E-state index contributed by atoms with van der Waals surface area (Å²) in [5, 5.41) is 10.1. The molecule has 29 heavy (non-hydrogen) atoms. The van der Waals surface area contributed by atoms with Crippen molar-refractivity contribution in [1.82, 2.24) is 0 Å².